The summed E-state index contributed by atoms with van der Waals surface area (Å²) in [6.07, 6.45) is 3.11. The van der Waals surface area contributed by atoms with Crippen molar-refractivity contribution in [3.63, 3.8) is 0 Å². The molecular weight excluding hydrogens is 452 g/mol. The van der Waals surface area contributed by atoms with E-state index in [0.717, 1.165) is 34.0 Å². The molecule has 0 radical (unpaired) electrons. The molecule has 0 aromatic heterocycles. The van der Waals surface area contributed by atoms with Crippen molar-refractivity contribution in [3.8, 4) is 0 Å². The molecule has 7 nitrogen and oxygen atoms in total. The average molecular weight is 481 g/mol. The normalized spacial score (nSPS) is 18.7. The van der Waals surface area contributed by atoms with Crippen LogP contribution in [0.1, 0.15) is 32.1 Å². The lowest BCUT2D eigenvalue weighted by atomic mass is 9.82. The fourth-order valence-electron chi connectivity index (χ4n) is 5.04. The molecule has 3 aliphatic rings. The average Bonchev–Trinajstić information content (AvgIpc) is 3.35. The van der Waals surface area contributed by atoms with Gasteiger partial charge in [0.05, 0.1) is 30.0 Å². The number of para-hydroxylation sites is 2. The maximum atomic E-state index is 13.4. The predicted octanol–water partition coefficient (Wildman–Crippen LogP) is 4.17. The third kappa shape index (κ3) is 4.44. The maximum Gasteiger partial charge on any atom is 0.313 e. The van der Waals surface area contributed by atoms with E-state index >= 15 is 0 Å². The number of morpholine rings is 1. The van der Waals surface area contributed by atoms with Gasteiger partial charge in [0.2, 0.25) is 5.91 Å². The smallest absolute Gasteiger partial charge is 0.313 e. The third-order valence-electron chi connectivity index (χ3n) is 6.86. The van der Waals surface area contributed by atoms with E-state index in [4.69, 9.17) is 9.47 Å². The van der Waals surface area contributed by atoms with Crippen LogP contribution in [0.2, 0.25) is 0 Å². The van der Waals surface area contributed by atoms with Crippen LogP contribution in [-0.2, 0) is 23.9 Å². The zero-order chi connectivity index (χ0) is 23.5. The molecule has 0 spiro atoms. The topological polar surface area (TPSA) is 76.2 Å². The van der Waals surface area contributed by atoms with Crippen molar-refractivity contribution < 1.29 is 23.9 Å². The number of amides is 2. The molecule has 5 rings (SSSR count). The summed E-state index contributed by atoms with van der Waals surface area (Å²) in [5.74, 6) is -0.779. The number of carbonyl (C=O) groups excluding carboxylic acids is 3. The highest BCUT2D eigenvalue weighted by Crippen LogP contribution is 2.48. The molecule has 0 bridgehead atoms. The van der Waals surface area contributed by atoms with Crippen molar-refractivity contribution in [1.82, 2.24) is 4.90 Å². The fraction of sp³-hybridized carbons (Fsp3) is 0.423. The van der Waals surface area contributed by atoms with Crippen LogP contribution < -0.4 is 4.90 Å². The van der Waals surface area contributed by atoms with Gasteiger partial charge in [0, 0.05) is 29.3 Å². The van der Waals surface area contributed by atoms with E-state index in [0.29, 0.717) is 39.1 Å². The standard InChI is InChI=1S/C26H28N2O5S/c29-23(27-13-15-32-16-14-27)17-26(11-5-6-12-26)25(31)33-18-24(30)28-19-7-1-3-9-21(19)34-22-10-4-2-8-20(22)28/h1-4,7-10H,5-6,11-18H2. The van der Waals surface area contributed by atoms with E-state index in [9.17, 15) is 14.4 Å². The van der Waals surface area contributed by atoms with Crippen LogP contribution >= 0.6 is 11.8 Å². The van der Waals surface area contributed by atoms with Gasteiger partial charge < -0.3 is 14.4 Å². The van der Waals surface area contributed by atoms with Crippen LogP contribution in [0.15, 0.2) is 58.3 Å². The summed E-state index contributed by atoms with van der Waals surface area (Å²) in [5.41, 5.74) is 0.721. The van der Waals surface area contributed by atoms with Crippen molar-refractivity contribution >= 4 is 40.9 Å². The number of hydrogen-bond donors (Lipinski definition) is 0. The van der Waals surface area contributed by atoms with Crippen LogP contribution in [0.3, 0.4) is 0 Å². The number of nitrogens with zero attached hydrogens (tertiary/aromatic N) is 2. The zero-order valence-corrected chi connectivity index (χ0v) is 19.9. The highest BCUT2D eigenvalue weighted by atomic mass is 32.2. The van der Waals surface area contributed by atoms with Crippen molar-refractivity contribution in [2.24, 2.45) is 5.41 Å². The van der Waals surface area contributed by atoms with Gasteiger partial charge in [0.1, 0.15) is 0 Å². The van der Waals surface area contributed by atoms with E-state index in [1.165, 1.54) is 0 Å². The maximum absolute atomic E-state index is 13.4. The Morgan fingerprint density at radius 2 is 1.47 bits per heavy atom. The van der Waals surface area contributed by atoms with Crippen molar-refractivity contribution in [3.05, 3.63) is 48.5 Å². The Labute approximate surface area is 203 Å². The summed E-state index contributed by atoms with van der Waals surface area (Å²) in [4.78, 5) is 44.9. The van der Waals surface area contributed by atoms with Gasteiger partial charge in [-0.15, -0.1) is 0 Å². The Kier molecular flexibility index (Phi) is 6.61. The Hall–Kier alpha value is -2.84. The van der Waals surface area contributed by atoms with Gasteiger partial charge in [-0.1, -0.05) is 48.9 Å². The number of esters is 1. The second-order valence-corrected chi connectivity index (χ2v) is 10.1. The molecule has 2 aromatic rings. The number of fused-ring (bicyclic) bond motifs is 2. The molecule has 0 atom stereocenters. The van der Waals surface area contributed by atoms with Crippen LogP contribution in [0.25, 0.3) is 0 Å². The number of hydrogen-bond acceptors (Lipinski definition) is 6. The minimum absolute atomic E-state index is 0.0376. The molecule has 2 fully saturated rings. The van der Waals surface area contributed by atoms with Crippen LogP contribution in [0, 0.1) is 5.41 Å². The molecule has 34 heavy (non-hydrogen) atoms. The first-order chi connectivity index (χ1) is 16.6. The molecule has 2 aromatic carbocycles. The first-order valence-corrected chi connectivity index (χ1v) is 12.6. The molecule has 2 aliphatic heterocycles. The Bertz CT molecular complexity index is 1050. The monoisotopic (exact) mass is 480 g/mol. The summed E-state index contributed by atoms with van der Waals surface area (Å²) in [7, 11) is 0. The van der Waals surface area contributed by atoms with Gasteiger partial charge in [0.25, 0.3) is 5.91 Å². The minimum atomic E-state index is -0.844. The van der Waals surface area contributed by atoms with Crippen LogP contribution in [0.4, 0.5) is 11.4 Å². The minimum Gasteiger partial charge on any atom is -0.455 e. The summed E-state index contributed by atoms with van der Waals surface area (Å²) in [5, 5.41) is 0. The highest BCUT2D eigenvalue weighted by Gasteiger charge is 2.45. The van der Waals surface area contributed by atoms with Crippen LogP contribution in [0.5, 0.6) is 0 Å². The predicted molar refractivity (Wildman–Crippen MR) is 128 cm³/mol. The Morgan fingerprint density at radius 1 is 0.882 bits per heavy atom. The largest absolute Gasteiger partial charge is 0.455 e. The SMILES string of the molecule is O=C(CC1(C(=O)OCC(=O)N2c3ccccc3Sc3ccccc32)CCCC1)N1CCOCC1. The number of rotatable bonds is 5. The van der Waals surface area contributed by atoms with Gasteiger partial charge in [-0.3, -0.25) is 19.3 Å². The van der Waals surface area contributed by atoms with Crippen molar-refractivity contribution in [1.29, 1.82) is 0 Å². The first-order valence-electron chi connectivity index (χ1n) is 11.8. The molecule has 1 saturated carbocycles. The van der Waals surface area contributed by atoms with Crippen LogP contribution in [-0.4, -0.2) is 55.6 Å². The Morgan fingerprint density at radius 3 is 2.09 bits per heavy atom. The van der Waals surface area contributed by atoms with E-state index < -0.39 is 11.4 Å². The van der Waals surface area contributed by atoms with E-state index in [1.807, 2.05) is 48.5 Å². The van der Waals surface area contributed by atoms with Gasteiger partial charge in [-0.2, -0.15) is 0 Å². The summed E-state index contributed by atoms with van der Waals surface area (Å²) >= 11 is 1.62. The molecule has 2 heterocycles. The third-order valence-corrected chi connectivity index (χ3v) is 7.99. The molecule has 8 heteroatoms. The van der Waals surface area contributed by atoms with Gasteiger partial charge in [0.15, 0.2) is 6.61 Å². The number of anilines is 2. The second kappa shape index (κ2) is 9.80. The molecule has 0 N–H and O–H groups in total. The molecule has 1 aliphatic carbocycles. The van der Waals surface area contributed by atoms with Crippen molar-refractivity contribution in [2.75, 3.05) is 37.8 Å². The molecule has 178 valence electrons. The zero-order valence-electron chi connectivity index (χ0n) is 19.0. The number of carbonyl (C=O) groups is 3. The lowest BCUT2D eigenvalue weighted by molar-refractivity contribution is -0.161. The van der Waals surface area contributed by atoms with Crippen molar-refractivity contribution in [2.45, 2.75) is 41.9 Å². The highest BCUT2D eigenvalue weighted by molar-refractivity contribution is 7.99. The summed E-state index contributed by atoms with van der Waals surface area (Å²) in [6.45, 7) is 1.78. The lowest BCUT2D eigenvalue weighted by Crippen LogP contribution is -2.44. The quantitative estimate of drug-likeness (QED) is 0.598. The fourth-order valence-corrected chi connectivity index (χ4v) is 6.10. The molecular formula is C26H28N2O5S. The second-order valence-electron chi connectivity index (χ2n) is 9.00. The van der Waals surface area contributed by atoms with E-state index in [2.05, 4.69) is 0 Å². The van der Waals surface area contributed by atoms with Gasteiger partial charge >= 0.3 is 5.97 Å². The number of benzene rings is 2. The first kappa shape index (κ1) is 22.9. The molecule has 1 saturated heterocycles. The molecule has 0 unspecified atom stereocenters. The van der Waals surface area contributed by atoms with E-state index in [1.54, 1.807) is 21.6 Å². The Balaban J connectivity index is 1.30. The van der Waals surface area contributed by atoms with E-state index in [-0.39, 0.29) is 24.8 Å². The van der Waals surface area contributed by atoms with Gasteiger partial charge in [-0.05, 0) is 37.1 Å². The number of ether oxygens (including phenoxy) is 2. The molecule has 2 amide bonds. The lowest BCUT2D eigenvalue weighted by Gasteiger charge is -2.33. The summed E-state index contributed by atoms with van der Waals surface area (Å²) < 4.78 is 11.0. The van der Waals surface area contributed by atoms with Gasteiger partial charge in [-0.25, -0.2) is 0 Å². The summed E-state index contributed by atoms with van der Waals surface area (Å²) in [6, 6.07) is 15.4.